The summed E-state index contributed by atoms with van der Waals surface area (Å²) in [4.78, 5) is 25.9. The van der Waals surface area contributed by atoms with Crippen molar-refractivity contribution < 1.29 is 23.5 Å². The van der Waals surface area contributed by atoms with Crippen LogP contribution in [-0.4, -0.2) is 49.0 Å². The first kappa shape index (κ1) is 13.1. The Kier molecular flexibility index (Phi) is 3.40. The number of halogens is 1. The van der Waals surface area contributed by atoms with Crippen LogP contribution < -0.4 is 4.74 Å². The standard InChI is InChI=1S/C14H14FNO4/c15-9-1-2-12-10(7-9)11(17)8-13(20-12)14(18)16-3-5-19-6-4-16/h1-2,7,13H,3-6,8H2/t13-/m0/s1. The second kappa shape index (κ2) is 5.20. The van der Waals surface area contributed by atoms with Crippen LogP contribution >= 0.6 is 0 Å². The number of ether oxygens (including phenoxy) is 2. The number of rotatable bonds is 1. The number of hydrogen-bond acceptors (Lipinski definition) is 4. The van der Waals surface area contributed by atoms with E-state index >= 15 is 0 Å². The second-order valence-electron chi connectivity index (χ2n) is 4.81. The molecule has 0 bridgehead atoms. The van der Waals surface area contributed by atoms with Crippen LogP contribution in [0.25, 0.3) is 0 Å². The predicted octanol–water partition coefficient (Wildman–Crippen LogP) is 1.02. The number of nitrogens with zero attached hydrogens (tertiary/aromatic N) is 1. The molecule has 106 valence electrons. The molecule has 1 fully saturated rings. The number of ketones is 1. The van der Waals surface area contributed by atoms with Crippen molar-refractivity contribution in [2.24, 2.45) is 0 Å². The largest absolute Gasteiger partial charge is 0.479 e. The van der Waals surface area contributed by atoms with Gasteiger partial charge in [0.05, 0.1) is 25.2 Å². The normalized spacial score (nSPS) is 22.1. The first-order valence-corrected chi connectivity index (χ1v) is 6.51. The van der Waals surface area contributed by atoms with Crippen molar-refractivity contribution in [2.45, 2.75) is 12.5 Å². The number of amides is 1. The van der Waals surface area contributed by atoms with Crippen molar-refractivity contribution in [3.05, 3.63) is 29.6 Å². The summed E-state index contributed by atoms with van der Waals surface area (Å²) in [5, 5.41) is 0. The molecule has 2 aliphatic heterocycles. The van der Waals surface area contributed by atoms with E-state index in [-0.39, 0.29) is 29.4 Å². The Morgan fingerprint density at radius 3 is 2.80 bits per heavy atom. The van der Waals surface area contributed by atoms with Crippen molar-refractivity contribution in [2.75, 3.05) is 26.3 Å². The van der Waals surface area contributed by atoms with E-state index in [1.54, 1.807) is 4.90 Å². The highest BCUT2D eigenvalue weighted by atomic mass is 19.1. The molecule has 1 amide bonds. The van der Waals surface area contributed by atoms with Gasteiger partial charge in [0.25, 0.3) is 5.91 Å². The highest BCUT2D eigenvalue weighted by Crippen LogP contribution is 2.29. The van der Waals surface area contributed by atoms with Crippen LogP contribution in [0.1, 0.15) is 16.8 Å². The van der Waals surface area contributed by atoms with Crippen LogP contribution in [0.2, 0.25) is 0 Å². The number of Topliss-reactive ketones (excluding diaryl/α,β-unsaturated/α-hetero) is 1. The summed E-state index contributed by atoms with van der Waals surface area (Å²) < 4.78 is 23.9. The molecule has 0 aromatic heterocycles. The minimum absolute atomic E-state index is 0.0490. The molecule has 3 rings (SSSR count). The molecule has 2 heterocycles. The second-order valence-corrected chi connectivity index (χ2v) is 4.81. The molecule has 1 saturated heterocycles. The van der Waals surface area contributed by atoms with Gasteiger partial charge in [-0.2, -0.15) is 0 Å². The highest BCUT2D eigenvalue weighted by molar-refractivity contribution is 6.03. The molecule has 2 aliphatic rings. The Hall–Kier alpha value is -1.95. The zero-order chi connectivity index (χ0) is 14.1. The Labute approximate surface area is 115 Å². The quantitative estimate of drug-likeness (QED) is 0.770. The molecule has 0 unspecified atom stereocenters. The van der Waals surface area contributed by atoms with Gasteiger partial charge in [-0.3, -0.25) is 9.59 Å². The summed E-state index contributed by atoms with van der Waals surface area (Å²) in [7, 11) is 0. The van der Waals surface area contributed by atoms with E-state index in [0.717, 1.165) is 6.07 Å². The van der Waals surface area contributed by atoms with Crippen LogP contribution in [0, 0.1) is 5.82 Å². The van der Waals surface area contributed by atoms with Gasteiger partial charge in [0.1, 0.15) is 11.6 Å². The van der Waals surface area contributed by atoms with Crippen molar-refractivity contribution in [3.63, 3.8) is 0 Å². The molecule has 20 heavy (non-hydrogen) atoms. The highest BCUT2D eigenvalue weighted by Gasteiger charge is 2.34. The lowest BCUT2D eigenvalue weighted by Crippen LogP contribution is -2.49. The van der Waals surface area contributed by atoms with Gasteiger partial charge in [0, 0.05) is 13.1 Å². The smallest absolute Gasteiger partial charge is 0.264 e. The number of carbonyl (C=O) groups excluding carboxylic acids is 2. The van der Waals surface area contributed by atoms with Crippen LogP contribution in [0.4, 0.5) is 4.39 Å². The number of hydrogen-bond donors (Lipinski definition) is 0. The van der Waals surface area contributed by atoms with Gasteiger partial charge in [0.2, 0.25) is 0 Å². The monoisotopic (exact) mass is 279 g/mol. The van der Waals surface area contributed by atoms with Gasteiger partial charge in [-0.15, -0.1) is 0 Å². The maximum atomic E-state index is 13.1. The minimum atomic E-state index is -0.821. The van der Waals surface area contributed by atoms with Crippen LogP contribution in [-0.2, 0) is 9.53 Å². The summed E-state index contributed by atoms with van der Waals surface area (Å²) in [6.07, 6.45) is -0.870. The predicted molar refractivity (Wildman–Crippen MR) is 67.2 cm³/mol. The van der Waals surface area contributed by atoms with E-state index in [9.17, 15) is 14.0 Å². The Balaban J connectivity index is 1.79. The summed E-state index contributed by atoms with van der Waals surface area (Å²) in [5.41, 5.74) is 0.205. The molecule has 0 aliphatic carbocycles. The average molecular weight is 279 g/mol. The third-order valence-corrected chi connectivity index (χ3v) is 3.48. The zero-order valence-electron chi connectivity index (χ0n) is 10.8. The maximum absolute atomic E-state index is 13.1. The van der Waals surface area contributed by atoms with Crippen molar-refractivity contribution in [1.82, 2.24) is 4.90 Å². The summed E-state index contributed by atoms with van der Waals surface area (Å²) in [6.45, 7) is 1.99. The molecule has 6 heteroatoms. The van der Waals surface area contributed by atoms with E-state index in [1.165, 1.54) is 12.1 Å². The first-order chi connectivity index (χ1) is 9.65. The molecular formula is C14H14FNO4. The number of morpholine rings is 1. The van der Waals surface area contributed by atoms with E-state index in [4.69, 9.17) is 9.47 Å². The van der Waals surface area contributed by atoms with Gasteiger partial charge in [-0.25, -0.2) is 4.39 Å². The lowest BCUT2D eigenvalue weighted by Gasteiger charge is -2.32. The molecule has 1 atom stereocenters. The van der Waals surface area contributed by atoms with Crippen LogP contribution in [0.15, 0.2) is 18.2 Å². The Morgan fingerprint density at radius 1 is 1.30 bits per heavy atom. The Bertz CT molecular complexity index is 554. The van der Waals surface area contributed by atoms with E-state index in [1.807, 2.05) is 0 Å². The first-order valence-electron chi connectivity index (χ1n) is 6.51. The SMILES string of the molecule is O=C1C[C@@H](C(=O)N2CCOCC2)Oc2ccc(F)cc21. The number of carbonyl (C=O) groups is 2. The van der Waals surface area contributed by atoms with E-state index < -0.39 is 11.9 Å². The molecular weight excluding hydrogens is 265 g/mol. The zero-order valence-corrected chi connectivity index (χ0v) is 10.8. The lowest BCUT2D eigenvalue weighted by molar-refractivity contribution is -0.143. The third-order valence-electron chi connectivity index (χ3n) is 3.48. The lowest BCUT2D eigenvalue weighted by atomic mass is 10.00. The van der Waals surface area contributed by atoms with Gasteiger partial charge in [-0.05, 0) is 18.2 Å². The third kappa shape index (κ3) is 2.38. The van der Waals surface area contributed by atoms with Gasteiger partial charge in [-0.1, -0.05) is 0 Å². The fraction of sp³-hybridized carbons (Fsp3) is 0.429. The summed E-state index contributed by atoms with van der Waals surface area (Å²) in [6, 6.07) is 3.75. The Morgan fingerprint density at radius 2 is 2.05 bits per heavy atom. The van der Waals surface area contributed by atoms with Crippen LogP contribution in [0.3, 0.4) is 0 Å². The van der Waals surface area contributed by atoms with Crippen molar-refractivity contribution in [1.29, 1.82) is 0 Å². The molecule has 0 saturated carbocycles. The fourth-order valence-electron chi connectivity index (χ4n) is 2.42. The maximum Gasteiger partial charge on any atom is 0.264 e. The molecule has 1 aromatic rings. The number of fused-ring (bicyclic) bond motifs is 1. The average Bonchev–Trinajstić information content (AvgIpc) is 2.48. The van der Waals surface area contributed by atoms with Crippen LogP contribution in [0.5, 0.6) is 5.75 Å². The van der Waals surface area contributed by atoms with Crippen molar-refractivity contribution >= 4 is 11.7 Å². The van der Waals surface area contributed by atoms with Gasteiger partial charge >= 0.3 is 0 Å². The van der Waals surface area contributed by atoms with E-state index in [2.05, 4.69) is 0 Å². The topological polar surface area (TPSA) is 55.8 Å². The molecule has 1 aromatic carbocycles. The molecule has 0 spiro atoms. The summed E-state index contributed by atoms with van der Waals surface area (Å²) in [5.74, 6) is -0.693. The molecule has 0 radical (unpaired) electrons. The van der Waals surface area contributed by atoms with Crippen molar-refractivity contribution in [3.8, 4) is 5.75 Å². The van der Waals surface area contributed by atoms with Gasteiger partial charge in [0.15, 0.2) is 11.9 Å². The molecule has 5 nitrogen and oxygen atoms in total. The fourth-order valence-corrected chi connectivity index (χ4v) is 2.42. The van der Waals surface area contributed by atoms with Gasteiger partial charge < -0.3 is 14.4 Å². The summed E-state index contributed by atoms with van der Waals surface area (Å²) >= 11 is 0. The molecule has 0 N–H and O–H groups in total. The van der Waals surface area contributed by atoms with E-state index in [0.29, 0.717) is 26.3 Å². The number of benzene rings is 1. The minimum Gasteiger partial charge on any atom is -0.479 e.